The molecule has 178 valence electrons. The van der Waals surface area contributed by atoms with E-state index in [1.165, 1.54) is 0 Å². The van der Waals surface area contributed by atoms with Gasteiger partial charge in [-0.05, 0) is 56.0 Å². The second kappa shape index (κ2) is 10.9. The number of para-hydroxylation sites is 1. The van der Waals surface area contributed by atoms with Crippen LogP contribution in [0.4, 0.5) is 0 Å². The Labute approximate surface area is 205 Å². The molecule has 1 saturated heterocycles. The van der Waals surface area contributed by atoms with Gasteiger partial charge >= 0.3 is 0 Å². The van der Waals surface area contributed by atoms with Crippen LogP contribution in [0.15, 0.2) is 60.7 Å². The van der Waals surface area contributed by atoms with Crippen LogP contribution in [0.25, 0.3) is 16.9 Å². The summed E-state index contributed by atoms with van der Waals surface area (Å²) in [5.41, 5.74) is 2.89. The van der Waals surface area contributed by atoms with Crippen molar-refractivity contribution in [2.45, 2.75) is 45.6 Å². The van der Waals surface area contributed by atoms with Gasteiger partial charge in [-0.15, -0.1) is 0 Å². The first-order valence-electron chi connectivity index (χ1n) is 12.0. The molecule has 1 fully saturated rings. The van der Waals surface area contributed by atoms with Gasteiger partial charge in [0.2, 0.25) is 5.91 Å². The first-order chi connectivity index (χ1) is 16.5. The number of benzene rings is 2. The summed E-state index contributed by atoms with van der Waals surface area (Å²) in [7, 11) is 0. The van der Waals surface area contributed by atoms with Gasteiger partial charge in [0.25, 0.3) is 5.91 Å². The second-order valence-electron chi connectivity index (χ2n) is 8.76. The molecule has 0 aliphatic carbocycles. The minimum atomic E-state index is -0.165. The van der Waals surface area contributed by atoms with Crippen molar-refractivity contribution in [1.29, 1.82) is 0 Å². The molecule has 2 heterocycles. The number of carbonyl (C=O) groups is 2. The van der Waals surface area contributed by atoms with Gasteiger partial charge in [-0.25, -0.2) is 4.68 Å². The summed E-state index contributed by atoms with van der Waals surface area (Å²) in [6.45, 7) is 5.48. The number of hydrogen-bond acceptors (Lipinski definition) is 3. The molecule has 2 aromatic carbocycles. The molecule has 34 heavy (non-hydrogen) atoms. The van der Waals surface area contributed by atoms with Crippen molar-refractivity contribution < 1.29 is 9.59 Å². The third-order valence-electron chi connectivity index (χ3n) is 6.56. The van der Waals surface area contributed by atoms with E-state index >= 15 is 0 Å². The van der Waals surface area contributed by atoms with Crippen LogP contribution < -0.4 is 5.32 Å². The standard InChI is InChI=1S/C27H31ClN4O2/c1-3-19(4-2)27(34)31-16-14-22(15-17-31)29-26(33)25-18-24(20-10-12-21(28)13-11-20)30-32(25)23-8-6-5-7-9-23/h5-13,18-19,22H,3-4,14-17H2,1-2H3,(H,29,33). The zero-order valence-corrected chi connectivity index (χ0v) is 20.5. The van der Waals surface area contributed by atoms with Gasteiger partial charge in [0, 0.05) is 35.6 Å². The van der Waals surface area contributed by atoms with Crippen molar-refractivity contribution in [3.63, 3.8) is 0 Å². The van der Waals surface area contributed by atoms with E-state index in [1.54, 1.807) is 4.68 Å². The summed E-state index contributed by atoms with van der Waals surface area (Å²) in [6, 6.07) is 18.9. The van der Waals surface area contributed by atoms with Crippen molar-refractivity contribution in [2.75, 3.05) is 13.1 Å². The summed E-state index contributed by atoms with van der Waals surface area (Å²) in [6.07, 6.45) is 3.24. The summed E-state index contributed by atoms with van der Waals surface area (Å²) in [5, 5.41) is 8.56. The van der Waals surface area contributed by atoms with Crippen molar-refractivity contribution in [3.8, 4) is 16.9 Å². The number of piperidine rings is 1. The molecule has 4 rings (SSSR count). The van der Waals surface area contributed by atoms with Crippen LogP contribution >= 0.6 is 11.6 Å². The summed E-state index contributed by atoms with van der Waals surface area (Å²) < 4.78 is 1.69. The minimum Gasteiger partial charge on any atom is -0.348 e. The number of likely N-dealkylation sites (tertiary alicyclic amines) is 1. The third kappa shape index (κ3) is 5.33. The van der Waals surface area contributed by atoms with Crippen LogP contribution in [-0.2, 0) is 4.79 Å². The van der Waals surface area contributed by atoms with E-state index < -0.39 is 0 Å². The maximum Gasteiger partial charge on any atom is 0.270 e. The van der Waals surface area contributed by atoms with Gasteiger partial charge in [0.1, 0.15) is 5.69 Å². The lowest BCUT2D eigenvalue weighted by Gasteiger charge is -2.34. The van der Waals surface area contributed by atoms with Crippen LogP contribution in [0.1, 0.15) is 50.0 Å². The molecule has 6 nitrogen and oxygen atoms in total. The van der Waals surface area contributed by atoms with Crippen molar-refractivity contribution in [2.24, 2.45) is 5.92 Å². The van der Waals surface area contributed by atoms with Gasteiger partial charge in [0.15, 0.2) is 0 Å². The molecule has 7 heteroatoms. The Hall–Kier alpha value is -3.12. The predicted molar refractivity (Wildman–Crippen MR) is 135 cm³/mol. The van der Waals surface area contributed by atoms with Crippen molar-refractivity contribution in [3.05, 3.63) is 71.4 Å². The number of nitrogens with zero attached hydrogens (tertiary/aromatic N) is 3. The minimum absolute atomic E-state index is 0.0244. The maximum absolute atomic E-state index is 13.3. The second-order valence-corrected chi connectivity index (χ2v) is 9.19. The smallest absolute Gasteiger partial charge is 0.270 e. The van der Waals surface area contributed by atoms with Crippen LogP contribution in [0, 0.1) is 5.92 Å². The van der Waals surface area contributed by atoms with Gasteiger partial charge in [-0.2, -0.15) is 5.10 Å². The summed E-state index contributed by atoms with van der Waals surface area (Å²) in [5.74, 6) is 0.170. The highest BCUT2D eigenvalue weighted by Crippen LogP contribution is 2.24. The Morgan fingerprint density at radius 1 is 1.03 bits per heavy atom. The zero-order chi connectivity index (χ0) is 24.1. The number of nitrogens with one attached hydrogen (secondary N) is 1. The number of halogens is 1. The van der Waals surface area contributed by atoms with Gasteiger partial charge in [-0.1, -0.05) is 55.8 Å². The van der Waals surface area contributed by atoms with E-state index in [0.29, 0.717) is 29.5 Å². The molecule has 0 radical (unpaired) electrons. The largest absolute Gasteiger partial charge is 0.348 e. The first-order valence-corrected chi connectivity index (χ1v) is 12.4. The third-order valence-corrected chi connectivity index (χ3v) is 6.81. The molecule has 1 aliphatic rings. The fourth-order valence-electron chi connectivity index (χ4n) is 4.47. The lowest BCUT2D eigenvalue weighted by Crippen LogP contribution is -2.48. The predicted octanol–water partition coefficient (Wildman–Crippen LogP) is 5.35. The Morgan fingerprint density at radius 3 is 2.29 bits per heavy atom. The quantitative estimate of drug-likeness (QED) is 0.497. The normalized spacial score (nSPS) is 14.4. The Balaban J connectivity index is 1.50. The topological polar surface area (TPSA) is 67.2 Å². The molecule has 0 spiro atoms. The highest BCUT2D eigenvalue weighted by molar-refractivity contribution is 6.30. The van der Waals surface area contributed by atoms with Crippen molar-refractivity contribution in [1.82, 2.24) is 20.0 Å². The zero-order valence-electron chi connectivity index (χ0n) is 19.7. The molecule has 1 aliphatic heterocycles. The van der Waals surface area contributed by atoms with E-state index in [0.717, 1.165) is 36.9 Å². The molecule has 0 bridgehead atoms. The fourth-order valence-corrected chi connectivity index (χ4v) is 4.60. The highest BCUT2D eigenvalue weighted by atomic mass is 35.5. The molecule has 0 atom stereocenters. The summed E-state index contributed by atoms with van der Waals surface area (Å²) in [4.78, 5) is 28.0. The summed E-state index contributed by atoms with van der Waals surface area (Å²) >= 11 is 6.04. The Morgan fingerprint density at radius 2 is 1.68 bits per heavy atom. The Kier molecular flexibility index (Phi) is 7.68. The molecule has 1 N–H and O–H groups in total. The van der Waals surface area contributed by atoms with E-state index in [9.17, 15) is 9.59 Å². The monoisotopic (exact) mass is 478 g/mol. The average molecular weight is 479 g/mol. The number of aromatic nitrogens is 2. The molecular formula is C27H31ClN4O2. The van der Waals surface area contributed by atoms with Crippen LogP contribution in [0.5, 0.6) is 0 Å². The number of carbonyl (C=O) groups excluding carboxylic acids is 2. The van der Waals surface area contributed by atoms with Gasteiger partial charge < -0.3 is 10.2 Å². The average Bonchev–Trinajstić information content (AvgIpc) is 3.32. The molecule has 2 amide bonds. The SMILES string of the molecule is CCC(CC)C(=O)N1CCC(NC(=O)c2cc(-c3ccc(Cl)cc3)nn2-c2ccccc2)CC1. The number of hydrogen-bond donors (Lipinski definition) is 1. The number of amides is 2. The van der Waals surface area contributed by atoms with E-state index in [4.69, 9.17) is 16.7 Å². The number of rotatable bonds is 7. The maximum atomic E-state index is 13.3. The highest BCUT2D eigenvalue weighted by Gasteiger charge is 2.28. The Bertz CT molecular complexity index is 1120. The molecule has 3 aromatic rings. The van der Waals surface area contributed by atoms with Gasteiger partial charge in [-0.3, -0.25) is 9.59 Å². The molecule has 1 aromatic heterocycles. The lowest BCUT2D eigenvalue weighted by molar-refractivity contribution is -0.136. The van der Waals surface area contributed by atoms with Crippen LogP contribution in [0.2, 0.25) is 5.02 Å². The van der Waals surface area contributed by atoms with E-state index in [1.807, 2.05) is 65.6 Å². The van der Waals surface area contributed by atoms with Crippen LogP contribution in [0.3, 0.4) is 0 Å². The van der Waals surface area contributed by atoms with Gasteiger partial charge in [0.05, 0.1) is 11.4 Å². The van der Waals surface area contributed by atoms with Crippen LogP contribution in [-0.4, -0.2) is 45.6 Å². The molecular weight excluding hydrogens is 448 g/mol. The van der Waals surface area contributed by atoms with E-state index in [-0.39, 0.29) is 23.8 Å². The molecule has 0 unspecified atom stereocenters. The fraction of sp³-hybridized carbons (Fsp3) is 0.370. The lowest BCUT2D eigenvalue weighted by atomic mass is 9.98. The van der Waals surface area contributed by atoms with E-state index in [2.05, 4.69) is 19.2 Å². The first kappa shape index (κ1) is 24.0. The molecule has 0 saturated carbocycles. The van der Waals surface area contributed by atoms with Crippen molar-refractivity contribution >= 4 is 23.4 Å².